The van der Waals surface area contributed by atoms with Gasteiger partial charge in [0.2, 0.25) is 5.89 Å². The lowest BCUT2D eigenvalue weighted by atomic mass is 10.1. The van der Waals surface area contributed by atoms with Gasteiger partial charge in [0.05, 0.1) is 11.3 Å². The average molecular weight is 318 g/mol. The summed E-state index contributed by atoms with van der Waals surface area (Å²) < 4.78 is 5.37. The first kappa shape index (κ1) is 15.7. The largest absolute Gasteiger partial charge is 0.404 e. The van der Waals surface area contributed by atoms with Gasteiger partial charge in [-0.25, -0.2) is 9.78 Å². The number of hydrogen-bond acceptors (Lipinski definition) is 4. The van der Waals surface area contributed by atoms with Crippen LogP contribution in [0.15, 0.2) is 69.9 Å². The van der Waals surface area contributed by atoms with Gasteiger partial charge >= 0.3 is 5.63 Å². The van der Waals surface area contributed by atoms with Crippen molar-refractivity contribution in [3.05, 3.63) is 88.1 Å². The Morgan fingerprint density at radius 1 is 1.00 bits per heavy atom. The second kappa shape index (κ2) is 6.54. The van der Waals surface area contributed by atoms with E-state index in [9.17, 15) is 4.79 Å². The van der Waals surface area contributed by atoms with Crippen molar-refractivity contribution >= 4 is 11.3 Å². The normalized spacial score (nSPS) is 11.9. The highest BCUT2D eigenvalue weighted by atomic mass is 16.4. The quantitative estimate of drug-likeness (QED) is 0.796. The first-order valence-corrected chi connectivity index (χ1v) is 7.67. The van der Waals surface area contributed by atoms with Crippen molar-refractivity contribution in [2.45, 2.75) is 13.8 Å². The highest BCUT2D eigenvalue weighted by Crippen LogP contribution is 2.24. The van der Waals surface area contributed by atoms with Gasteiger partial charge in [-0.15, -0.1) is 0 Å². The molecule has 0 saturated heterocycles. The zero-order valence-corrected chi connectivity index (χ0v) is 13.6. The summed E-state index contributed by atoms with van der Waals surface area (Å²) in [5.74, 6) is 0.241. The Kier molecular flexibility index (Phi) is 4.29. The van der Waals surface area contributed by atoms with Crippen LogP contribution < -0.4 is 11.4 Å². The maximum Gasteiger partial charge on any atom is 0.342 e. The van der Waals surface area contributed by atoms with Crippen LogP contribution in [0.3, 0.4) is 0 Å². The van der Waals surface area contributed by atoms with E-state index in [1.807, 2.05) is 60.7 Å². The molecule has 0 aliphatic heterocycles. The molecular formula is C20H18N2O2. The van der Waals surface area contributed by atoms with Crippen molar-refractivity contribution in [1.29, 1.82) is 0 Å². The summed E-state index contributed by atoms with van der Waals surface area (Å²) in [6.07, 6.45) is 0. The number of hydrogen-bond donors (Lipinski definition) is 1. The minimum absolute atomic E-state index is 0.241. The lowest BCUT2D eigenvalue weighted by molar-refractivity contribution is 0.472. The van der Waals surface area contributed by atoms with Crippen LogP contribution in [0.2, 0.25) is 0 Å². The molecule has 1 heterocycles. The van der Waals surface area contributed by atoms with Crippen molar-refractivity contribution in [2.75, 3.05) is 0 Å². The molecule has 1 aromatic heterocycles. The molecule has 0 aliphatic carbocycles. The van der Waals surface area contributed by atoms with Gasteiger partial charge in [0, 0.05) is 16.8 Å². The molecule has 24 heavy (non-hydrogen) atoms. The molecule has 0 atom stereocenters. The third kappa shape index (κ3) is 2.99. The van der Waals surface area contributed by atoms with Crippen LogP contribution in [0.25, 0.3) is 22.5 Å². The SMILES string of the molecule is C/C(=C(/N)c1ccccc1)c1nc(-c2ccccc2)c(C)c(=O)o1. The number of benzene rings is 2. The van der Waals surface area contributed by atoms with Crippen molar-refractivity contribution < 1.29 is 4.42 Å². The predicted molar refractivity (Wildman–Crippen MR) is 96.1 cm³/mol. The monoisotopic (exact) mass is 318 g/mol. The fraction of sp³-hybridized carbons (Fsp3) is 0.100. The average Bonchev–Trinajstić information content (AvgIpc) is 2.64. The van der Waals surface area contributed by atoms with Crippen LogP contribution in [0.4, 0.5) is 0 Å². The van der Waals surface area contributed by atoms with Crippen LogP contribution >= 0.6 is 0 Å². The van der Waals surface area contributed by atoms with Crippen LogP contribution in [0.1, 0.15) is 23.9 Å². The van der Waals surface area contributed by atoms with Crippen molar-refractivity contribution in [1.82, 2.24) is 4.98 Å². The number of nitrogens with two attached hydrogens (primary N) is 1. The van der Waals surface area contributed by atoms with Gasteiger partial charge in [-0.2, -0.15) is 0 Å². The Morgan fingerprint density at radius 3 is 2.21 bits per heavy atom. The second-order valence-corrected chi connectivity index (χ2v) is 5.55. The number of allylic oxidation sites excluding steroid dienone is 1. The Morgan fingerprint density at radius 2 is 1.58 bits per heavy atom. The molecule has 0 saturated carbocycles. The van der Waals surface area contributed by atoms with Gasteiger partial charge < -0.3 is 10.2 Å². The maximum absolute atomic E-state index is 12.2. The van der Waals surface area contributed by atoms with Crippen LogP contribution in [-0.4, -0.2) is 4.98 Å². The van der Waals surface area contributed by atoms with Crippen molar-refractivity contribution in [3.63, 3.8) is 0 Å². The second-order valence-electron chi connectivity index (χ2n) is 5.55. The molecule has 3 rings (SSSR count). The van der Waals surface area contributed by atoms with Gasteiger partial charge in [-0.05, 0) is 19.4 Å². The van der Waals surface area contributed by atoms with Gasteiger partial charge in [-0.3, -0.25) is 0 Å². The minimum atomic E-state index is -0.404. The number of nitrogens with zero attached hydrogens (tertiary/aromatic N) is 1. The zero-order valence-electron chi connectivity index (χ0n) is 13.6. The molecule has 4 nitrogen and oxygen atoms in total. The Labute approximate surface area is 140 Å². The fourth-order valence-corrected chi connectivity index (χ4v) is 2.46. The molecule has 4 heteroatoms. The third-order valence-corrected chi connectivity index (χ3v) is 3.92. The molecule has 2 N–H and O–H groups in total. The lowest BCUT2D eigenvalue weighted by Crippen LogP contribution is -2.11. The summed E-state index contributed by atoms with van der Waals surface area (Å²) in [5, 5.41) is 0. The van der Waals surface area contributed by atoms with E-state index >= 15 is 0 Å². The van der Waals surface area contributed by atoms with E-state index < -0.39 is 5.63 Å². The molecule has 0 radical (unpaired) electrons. The molecule has 2 aromatic carbocycles. The summed E-state index contributed by atoms with van der Waals surface area (Å²) in [7, 11) is 0. The van der Waals surface area contributed by atoms with Gasteiger partial charge in [0.25, 0.3) is 0 Å². The highest BCUT2D eigenvalue weighted by molar-refractivity contribution is 5.86. The van der Waals surface area contributed by atoms with E-state index in [1.165, 1.54) is 0 Å². The van der Waals surface area contributed by atoms with Crippen LogP contribution in [0, 0.1) is 6.92 Å². The van der Waals surface area contributed by atoms with Gasteiger partial charge in [0.1, 0.15) is 0 Å². The highest BCUT2D eigenvalue weighted by Gasteiger charge is 2.15. The van der Waals surface area contributed by atoms with Gasteiger partial charge in [-0.1, -0.05) is 60.7 Å². The maximum atomic E-state index is 12.2. The molecule has 0 aliphatic rings. The lowest BCUT2D eigenvalue weighted by Gasteiger charge is -2.09. The molecular weight excluding hydrogens is 300 g/mol. The summed E-state index contributed by atoms with van der Waals surface area (Å²) in [6, 6.07) is 19.1. The van der Waals surface area contributed by atoms with Crippen molar-refractivity contribution in [2.24, 2.45) is 5.73 Å². The molecule has 120 valence electrons. The number of aromatic nitrogens is 1. The Balaban J connectivity index is 2.16. The number of rotatable bonds is 3. The minimum Gasteiger partial charge on any atom is -0.404 e. The van der Waals surface area contributed by atoms with E-state index in [1.54, 1.807) is 13.8 Å². The standard InChI is InChI=1S/C20H18N2O2/c1-13(17(21)15-9-5-3-6-10-15)19-22-18(14(2)20(23)24-19)16-11-7-4-8-12-16/h3-12H,21H2,1-2H3/b17-13-. The van der Waals surface area contributed by atoms with Crippen molar-refractivity contribution in [3.8, 4) is 11.3 Å². The molecule has 0 bridgehead atoms. The first-order valence-electron chi connectivity index (χ1n) is 7.67. The first-order chi connectivity index (χ1) is 11.6. The van der Waals surface area contributed by atoms with E-state index in [2.05, 4.69) is 4.98 Å². The molecule has 0 unspecified atom stereocenters. The molecule has 0 spiro atoms. The summed E-state index contributed by atoms with van der Waals surface area (Å²) in [5.41, 5.74) is 9.82. The molecule has 0 amide bonds. The van der Waals surface area contributed by atoms with Crippen LogP contribution in [0.5, 0.6) is 0 Å². The smallest absolute Gasteiger partial charge is 0.342 e. The molecule has 0 fully saturated rings. The van der Waals surface area contributed by atoms with E-state index in [-0.39, 0.29) is 5.89 Å². The topological polar surface area (TPSA) is 69.1 Å². The Bertz CT molecular complexity index is 942. The molecule has 3 aromatic rings. The predicted octanol–water partition coefficient (Wildman–Crippen LogP) is 3.86. The van der Waals surface area contributed by atoms with E-state index in [0.717, 1.165) is 11.1 Å². The summed E-state index contributed by atoms with van der Waals surface area (Å²) >= 11 is 0. The van der Waals surface area contributed by atoms with E-state index in [4.69, 9.17) is 10.2 Å². The fourth-order valence-electron chi connectivity index (χ4n) is 2.46. The van der Waals surface area contributed by atoms with Gasteiger partial charge in [0.15, 0.2) is 0 Å². The van der Waals surface area contributed by atoms with Crippen LogP contribution in [-0.2, 0) is 0 Å². The van der Waals surface area contributed by atoms with E-state index in [0.29, 0.717) is 22.5 Å². The summed E-state index contributed by atoms with van der Waals surface area (Å²) in [6.45, 7) is 3.52. The summed E-state index contributed by atoms with van der Waals surface area (Å²) in [4.78, 5) is 16.8. The third-order valence-electron chi connectivity index (χ3n) is 3.92. The Hall–Kier alpha value is -3.14. The zero-order chi connectivity index (χ0) is 17.1.